The van der Waals surface area contributed by atoms with Gasteiger partial charge in [-0.05, 0) is 38.1 Å². The zero-order chi connectivity index (χ0) is 18.2. The smallest absolute Gasteiger partial charge is 0.138 e. The highest BCUT2D eigenvalue weighted by molar-refractivity contribution is 5.53. The Morgan fingerprint density at radius 2 is 2.00 bits per heavy atom. The highest BCUT2D eigenvalue weighted by atomic mass is 16.3. The van der Waals surface area contributed by atoms with Gasteiger partial charge in [0.05, 0.1) is 24.3 Å². The summed E-state index contributed by atoms with van der Waals surface area (Å²) in [6, 6.07) is 8.85. The van der Waals surface area contributed by atoms with Gasteiger partial charge in [0, 0.05) is 51.0 Å². The number of furan rings is 1. The molecule has 0 bridgehead atoms. The summed E-state index contributed by atoms with van der Waals surface area (Å²) in [5.74, 6) is 1.28. The lowest BCUT2D eigenvalue weighted by Crippen LogP contribution is -2.46. The van der Waals surface area contributed by atoms with Crippen LogP contribution in [0.5, 0.6) is 0 Å². The second-order valence-electron chi connectivity index (χ2n) is 7.84. The normalized spacial score (nSPS) is 22.1. The van der Waals surface area contributed by atoms with Crippen molar-refractivity contribution >= 4 is 11.5 Å². The van der Waals surface area contributed by atoms with Crippen LogP contribution in [0.3, 0.4) is 0 Å². The third-order valence-electron chi connectivity index (χ3n) is 5.98. The van der Waals surface area contributed by atoms with Crippen molar-refractivity contribution in [2.45, 2.75) is 25.4 Å². The molecule has 0 spiro atoms. The van der Waals surface area contributed by atoms with Crippen LogP contribution in [0.2, 0.25) is 0 Å². The monoisotopic (exact) mass is 365 g/mol. The summed E-state index contributed by atoms with van der Waals surface area (Å²) in [5.41, 5.74) is 3.46. The predicted octanol–water partition coefficient (Wildman–Crippen LogP) is 3.02. The van der Waals surface area contributed by atoms with Gasteiger partial charge in [-0.25, -0.2) is 4.98 Å². The Morgan fingerprint density at radius 1 is 1.11 bits per heavy atom. The van der Waals surface area contributed by atoms with E-state index in [-0.39, 0.29) is 0 Å². The summed E-state index contributed by atoms with van der Waals surface area (Å²) >= 11 is 0. The van der Waals surface area contributed by atoms with Gasteiger partial charge in [0.15, 0.2) is 0 Å². The number of likely N-dealkylation sites (N-methyl/N-ethyl adjacent to an activating group) is 1. The van der Waals surface area contributed by atoms with E-state index in [9.17, 15) is 0 Å². The minimum atomic E-state index is 0.317. The average molecular weight is 365 g/mol. The molecule has 3 aromatic heterocycles. The molecule has 0 N–H and O–H groups in total. The molecule has 0 unspecified atom stereocenters. The van der Waals surface area contributed by atoms with E-state index in [1.807, 2.05) is 6.26 Å². The largest absolute Gasteiger partial charge is 0.472 e. The number of hydrogen-bond donors (Lipinski definition) is 0. The van der Waals surface area contributed by atoms with Crippen LogP contribution in [0, 0.1) is 0 Å². The quantitative estimate of drug-likeness (QED) is 0.711. The van der Waals surface area contributed by atoms with E-state index in [2.05, 4.69) is 56.6 Å². The van der Waals surface area contributed by atoms with E-state index < -0.39 is 0 Å². The van der Waals surface area contributed by atoms with Crippen LogP contribution in [0.1, 0.15) is 30.1 Å². The van der Waals surface area contributed by atoms with Crippen LogP contribution in [0.4, 0.5) is 5.82 Å². The van der Waals surface area contributed by atoms with Crippen molar-refractivity contribution in [3.63, 3.8) is 0 Å². The summed E-state index contributed by atoms with van der Waals surface area (Å²) in [6.45, 7) is 6.35. The molecule has 2 saturated heterocycles. The lowest BCUT2D eigenvalue weighted by molar-refractivity contribution is 0.0884. The highest BCUT2D eigenvalue weighted by Gasteiger charge is 2.28. The molecule has 0 radical (unpaired) electrons. The third kappa shape index (κ3) is 3.24. The maximum absolute atomic E-state index is 5.23. The van der Waals surface area contributed by atoms with Crippen molar-refractivity contribution < 1.29 is 4.42 Å². The molecule has 0 aliphatic carbocycles. The zero-order valence-electron chi connectivity index (χ0n) is 15.9. The van der Waals surface area contributed by atoms with Gasteiger partial charge in [-0.15, -0.1) is 0 Å². The summed E-state index contributed by atoms with van der Waals surface area (Å²) < 4.78 is 7.51. The second kappa shape index (κ2) is 7.02. The molecule has 5 heterocycles. The fourth-order valence-electron chi connectivity index (χ4n) is 4.41. The van der Waals surface area contributed by atoms with Gasteiger partial charge in [-0.1, -0.05) is 6.07 Å². The molecule has 1 atom stereocenters. The summed E-state index contributed by atoms with van der Waals surface area (Å²) in [4.78, 5) is 12.4. The number of fused-ring (bicyclic) bond motifs is 1. The molecular weight excluding hydrogens is 338 g/mol. The van der Waals surface area contributed by atoms with Gasteiger partial charge in [-0.3, -0.25) is 14.2 Å². The first-order valence-corrected chi connectivity index (χ1v) is 9.94. The summed E-state index contributed by atoms with van der Waals surface area (Å²) in [5, 5.41) is 0. The lowest BCUT2D eigenvalue weighted by Gasteiger charge is -2.38. The second-order valence-corrected chi connectivity index (χ2v) is 7.84. The number of piperazine rings is 1. The van der Waals surface area contributed by atoms with Crippen molar-refractivity contribution in [2.24, 2.45) is 0 Å². The number of pyridine rings is 1. The van der Waals surface area contributed by atoms with E-state index in [4.69, 9.17) is 9.40 Å². The van der Waals surface area contributed by atoms with E-state index in [0.29, 0.717) is 6.04 Å². The molecule has 0 amide bonds. The van der Waals surface area contributed by atoms with E-state index >= 15 is 0 Å². The molecule has 27 heavy (non-hydrogen) atoms. The molecule has 2 aliphatic rings. The van der Waals surface area contributed by atoms with Crippen LogP contribution in [0.15, 0.2) is 47.4 Å². The fraction of sp³-hybridized carbons (Fsp3) is 0.476. The zero-order valence-corrected chi connectivity index (χ0v) is 15.9. The predicted molar refractivity (Wildman–Crippen MR) is 106 cm³/mol. The molecule has 0 aromatic carbocycles. The van der Waals surface area contributed by atoms with Gasteiger partial charge in [0.25, 0.3) is 0 Å². The minimum absolute atomic E-state index is 0.317. The maximum Gasteiger partial charge on any atom is 0.138 e. The van der Waals surface area contributed by atoms with E-state index in [0.717, 1.165) is 44.9 Å². The molecule has 6 heteroatoms. The summed E-state index contributed by atoms with van der Waals surface area (Å²) in [6.07, 6.45) is 8.43. The molecule has 2 aliphatic heterocycles. The Hall–Kier alpha value is -2.31. The number of nitrogens with zero attached hydrogens (tertiary/aromatic N) is 5. The fourth-order valence-corrected chi connectivity index (χ4v) is 4.41. The first-order chi connectivity index (χ1) is 13.3. The first-order valence-electron chi connectivity index (χ1n) is 9.94. The van der Waals surface area contributed by atoms with Crippen LogP contribution in [-0.4, -0.2) is 59.0 Å². The SMILES string of the molecule is CN1CCN(Cc2ccoc2)C[C@@H]1c1cn2c(N3CCCC3)cccc2n1. The number of hydrogen-bond acceptors (Lipinski definition) is 5. The van der Waals surface area contributed by atoms with Crippen LogP contribution >= 0.6 is 0 Å². The number of aromatic nitrogens is 2. The van der Waals surface area contributed by atoms with Gasteiger partial charge in [-0.2, -0.15) is 0 Å². The van der Waals surface area contributed by atoms with E-state index in [1.165, 1.54) is 29.9 Å². The Kier molecular flexibility index (Phi) is 4.38. The van der Waals surface area contributed by atoms with Gasteiger partial charge in [0.2, 0.25) is 0 Å². The minimum Gasteiger partial charge on any atom is -0.472 e. The Labute approximate surface area is 160 Å². The number of anilines is 1. The molecule has 3 aromatic rings. The van der Waals surface area contributed by atoms with Crippen molar-refractivity contribution in [3.8, 4) is 0 Å². The highest BCUT2D eigenvalue weighted by Crippen LogP contribution is 2.28. The van der Waals surface area contributed by atoms with Crippen LogP contribution in [-0.2, 0) is 6.54 Å². The van der Waals surface area contributed by atoms with Crippen molar-refractivity contribution in [1.82, 2.24) is 19.2 Å². The van der Waals surface area contributed by atoms with Crippen molar-refractivity contribution in [3.05, 3.63) is 54.2 Å². The van der Waals surface area contributed by atoms with Crippen molar-refractivity contribution in [2.75, 3.05) is 44.7 Å². The molecule has 5 rings (SSSR count). The average Bonchev–Trinajstić information content (AvgIpc) is 3.44. The molecule has 2 fully saturated rings. The Balaban J connectivity index is 1.42. The van der Waals surface area contributed by atoms with Crippen molar-refractivity contribution in [1.29, 1.82) is 0 Å². The van der Waals surface area contributed by atoms with Crippen LogP contribution < -0.4 is 4.90 Å². The summed E-state index contributed by atoms with van der Waals surface area (Å²) in [7, 11) is 2.21. The maximum atomic E-state index is 5.23. The topological polar surface area (TPSA) is 40.2 Å². The van der Waals surface area contributed by atoms with Gasteiger partial charge < -0.3 is 9.32 Å². The first kappa shape index (κ1) is 16.8. The molecule has 0 saturated carbocycles. The molecular formula is C21H27N5O. The Morgan fingerprint density at radius 3 is 2.81 bits per heavy atom. The van der Waals surface area contributed by atoms with Gasteiger partial charge >= 0.3 is 0 Å². The molecule has 142 valence electrons. The number of rotatable bonds is 4. The number of imidazole rings is 1. The molecule has 6 nitrogen and oxygen atoms in total. The van der Waals surface area contributed by atoms with E-state index in [1.54, 1.807) is 6.26 Å². The van der Waals surface area contributed by atoms with Crippen LogP contribution in [0.25, 0.3) is 5.65 Å². The van der Waals surface area contributed by atoms with Gasteiger partial charge in [0.1, 0.15) is 11.5 Å². The Bertz CT molecular complexity index is 897. The standard InChI is InChI=1S/C21H27N5O/c1-23-10-11-24(13-17-7-12-27-16-17)15-19(23)18-14-26-20(22-18)5-4-6-21(26)25-8-2-3-9-25/h4-7,12,14,16,19H,2-3,8-11,13,15H2,1H3/t19-/m1/s1. The lowest BCUT2D eigenvalue weighted by atomic mass is 10.1. The third-order valence-corrected chi connectivity index (χ3v) is 5.98.